The van der Waals surface area contributed by atoms with Crippen LogP contribution < -0.4 is 11.1 Å². The van der Waals surface area contributed by atoms with Gasteiger partial charge in [0.15, 0.2) is 0 Å². The van der Waals surface area contributed by atoms with Gasteiger partial charge < -0.3 is 4.57 Å². The third-order valence-electron chi connectivity index (χ3n) is 4.88. The number of hydrogen-bond acceptors (Lipinski definition) is 4. The van der Waals surface area contributed by atoms with Crippen molar-refractivity contribution >= 4 is 32.5 Å². The fourth-order valence-electron chi connectivity index (χ4n) is 3.17. The van der Waals surface area contributed by atoms with Crippen LogP contribution in [0.2, 0.25) is 0 Å². The Morgan fingerprint density at radius 3 is 2.77 bits per heavy atom. The summed E-state index contributed by atoms with van der Waals surface area (Å²) in [6, 6.07) is 9.28. The number of pyridine rings is 1. The van der Waals surface area contributed by atoms with Crippen LogP contribution in [0.3, 0.4) is 0 Å². The average molecular weight is 368 g/mol. The van der Waals surface area contributed by atoms with Gasteiger partial charge in [-0.05, 0) is 25.0 Å². The Morgan fingerprint density at radius 1 is 1.27 bits per heavy atom. The maximum atomic E-state index is 13.0. The zero-order valence-electron chi connectivity index (χ0n) is 14.9. The molecule has 1 N–H and O–H groups in total. The molecule has 0 saturated carbocycles. The van der Waals surface area contributed by atoms with Crippen LogP contribution in [0.1, 0.15) is 26.0 Å². The standard InChI is InChI=1S/C19H20N4O2S/c1-4-11(2)10-22-12(3)17-14(9-16(22)24)21-23(18(17)25)19-20-13-7-5-6-8-15(13)26-19/h5-9,11,21H,4,10H2,1-3H3/t11-/m0/s1. The summed E-state index contributed by atoms with van der Waals surface area (Å²) in [5.41, 5.74) is 1.85. The molecular formula is C19H20N4O2S. The lowest BCUT2D eigenvalue weighted by Gasteiger charge is -2.14. The van der Waals surface area contributed by atoms with Crippen molar-refractivity contribution in [3.05, 3.63) is 56.7 Å². The number of nitrogens with one attached hydrogen (secondary N) is 1. The number of hydrogen-bond donors (Lipinski definition) is 1. The van der Waals surface area contributed by atoms with Gasteiger partial charge in [0.25, 0.3) is 11.1 Å². The van der Waals surface area contributed by atoms with E-state index in [1.165, 1.54) is 22.1 Å². The first kappa shape index (κ1) is 16.8. The van der Waals surface area contributed by atoms with E-state index in [0.717, 1.165) is 16.6 Å². The summed E-state index contributed by atoms with van der Waals surface area (Å²) in [4.78, 5) is 30.1. The molecule has 4 aromatic rings. The van der Waals surface area contributed by atoms with Crippen molar-refractivity contribution in [3.8, 4) is 5.13 Å². The Hall–Kier alpha value is -2.67. The minimum Gasteiger partial charge on any atom is -0.312 e. The molecular weight excluding hydrogens is 348 g/mol. The normalized spacial score (nSPS) is 12.9. The molecule has 3 aromatic heterocycles. The molecule has 4 rings (SSSR count). The molecule has 0 spiro atoms. The molecule has 3 heterocycles. The molecule has 0 unspecified atom stereocenters. The van der Waals surface area contributed by atoms with Crippen molar-refractivity contribution in [2.45, 2.75) is 33.7 Å². The van der Waals surface area contributed by atoms with Crippen molar-refractivity contribution in [1.82, 2.24) is 19.3 Å². The van der Waals surface area contributed by atoms with Crippen LogP contribution in [-0.2, 0) is 6.54 Å². The molecule has 0 saturated heterocycles. The van der Waals surface area contributed by atoms with Gasteiger partial charge >= 0.3 is 0 Å². The van der Waals surface area contributed by atoms with Crippen molar-refractivity contribution < 1.29 is 0 Å². The van der Waals surface area contributed by atoms with Crippen LogP contribution in [0, 0.1) is 12.8 Å². The summed E-state index contributed by atoms with van der Waals surface area (Å²) in [6.07, 6.45) is 0.979. The molecule has 0 fully saturated rings. The van der Waals surface area contributed by atoms with E-state index in [1.54, 1.807) is 4.57 Å². The average Bonchev–Trinajstić information content (AvgIpc) is 3.19. The SMILES string of the molecule is CC[C@H](C)Cn1c(C)c2c(=O)n(-c3nc4ccccc4s3)[nH]c2cc1=O. The van der Waals surface area contributed by atoms with E-state index in [2.05, 4.69) is 23.9 Å². The monoisotopic (exact) mass is 368 g/mol. The minimum absolute atomic E-state index is 0.0898. The number of rotatable bonds is 4. The van der Waals surface area contributed by atoms with Crippen molar-refractivity contribution in [3.63, 3.8) is 0 Å². The van der Waals surface area contributed by atoms with Gasteiger partial charge in [-0.2, -0.15) is 4.68 Å². The summed E-state index contributed by atoms with van der Waals surface area (Å²) in [6.45, 7) is 6.65. The predicted molar refractivity (Wildman–Crippen MR) is 106 cm³/mol. The lowest BCUT2D eigenvalue weighted by Crippen LogP contribution is -2.25. The van der Waals surface area contributed by atoms with Crippen LogP contribution >= 0.6 is 11.3 Å². The maximum absolute atomic E-state index is 13.0. The summed E-state index contributed by atoms with van der Waals surface area (Å²) in [5.74, 6) is 0.370. The van der Waals surface area contributed by atoms with E-state index in [-0.39, 0.29) is 11.1 Å². The topological polar surface area (TPSA) is 72.7 Å². The molecule has 0 bridgehead atoms. The second kappa shape index (κ2) is 6.25. The third kappa shape index (κ3) is 2.59. The van der Waals surface area contributed by atoms with Gasteiger partial charge in [-0.15, -0.1) is 0 Å². The second-order valence-corrected chi connectivity index (χ2v) is 7.71. The number of fused-ring (bicyclic) bond motifs is 2. The number of aromatic nitrogens is 4. The quantitative estimate of drug-likeness (QED) is 0.600. The first-order valence-electron chi connectivity index (χ1n) is 8.70. The lowest BCUT2D eigenvalue weighted by atomic mass is 10.1. The third-order valence-corrected chi connectivity index (χ3v) is 5.91. The highest BCUT2D eigenvalue weighted by atomic mass is 32.1. The van der Waals surface area contributed by atoms with E-state index >= 15 is 0 Å². The fraction of sp³-hybridized carbons (Fsp3) is 0.316. The molecule has 0 aliphatic heterocycles. The van der Waals surface area contributed by atoms with E-state index in [1.807, 2.05) is 31.2 Å². The van der Waals surface area contributed by atoms with Crippen LogP contribution in [0.4, 0.5) is 0 Å². The predicted octanol–water partition coefficient (Wildman–Crippen LogP) is 3.44. The van der Waals surface area contributed by atoms with Crippen molar-refractivity contribution in [1.29, 1.82) is 0 Å². The molecule has 0 aliphatic carbocycles. The Morgan fingerprint density at radius 2 is 2.04 bits per heavy atom. The van der Waals surface area contributed by atoms with Crippen LogP contribution in [0.25, 0.3) is 26.3 Å². The molecule has 1 atom stereocenters. The second-order valence-electron chi connectivity index (χ2n) is 6.70. The summed E-state index contributed by atoms with van der Waals surface area (Å²) in [5, 5.41) is 4.18. The molecule has 1 aromatic carbocycles. The number of nitrogens with zero attached hydrogens (tertiary/aromatic N) is 3. The number of aryl methyl sites for hydroxylation is 1. The lowest BCUT2D eigenvalue weighted by molar-refractivity contribution is 0.455. The Kier molecular flexibility index (Phi) is 4.03. The molecule has 134 valence electrons. The zero-order valence-corrected chi connectivity index (χ0v) is 15.8. The Balaban J connectivity index is 1.93. The van der Waals surface area contributed by atoms with E-state index in [0.29, 0.717) is 34.2 Å². The summed E-state index contributed by atoms with van der Waals surface area (Å²) >= 11 is 1.44. The van der Waals surface area contributed by atoms with Crippen molar-refractivity contribution in [2.75, 3.05) is 0 Å². The minimum atomic E-state index is -0.172. The van der Waals surface area contributed by atoms with E-state index in [4.69, 9.17) is 0 Å². The molecule has 0 aliphatic rings. The number of H-pyrrole nitrogens is 1. The van der Waals surface area contributed by atoms with Gasteiger partial charge in [-0.25, -0.2) is 4.98 Å². The van der Waals surface area contributed by atoms with Crippen LogP contribution in [0.5, 0.6) is 0 Å². The highest BCUT2D eigenvalue weighted by Gasteiger charge is 2.17. The van der Waals surface area contributed by atoms with Gasteiger partial charge in [0.1, 0.15) is 0 Å². The highest BCUT2D eigenvalue weighted by Crippen LogP contribution is 2.24. The number of thiazole rings is 1. The Labute approximate surface area is 153 Å². The number of aromatic amines is 1. The van der Waals surface area contributed by atoms with Crippen molar-refractivity contribution in [2.24, 2.45) is 5.92 Å². The zero-order chi connectivity index (χ0) is 18.4. The van der Waals surface area contributed by atoms with E-state index < -0.39 is 0 Å². The largest absolute Gasteiger partial charge is 0.312 e. The summed E-state index contributed by atoms with van der Waals surface area (Å²) in [7, 11) is 0. The highest BCUT2D eigenvalue weighted by molar-refractivity contribution is 7.20. The molecule has 0 radical (unpaired) electrons. The van der Waals surface area contributed by atoms with Crippen LogP contribution in [0.15, 0.2) is 39.9 Å². The summed E-state index contributed by atoms with van der Waals surface area (Å²) < 4.78 is 4.16. The maximum Gasteiger partial charge on any atom is 0.282 e. The van der Waals surface area contributed by atoms with Gasteiger partial charge in [-0.3, -0.25) is 14.7 Å². The first-order chi connectivity index (χ1) is 12.5. The first-order valence-corrected chi connectivity index (χ1v) is 9.52. The fourth-order valence-corrected chi connectivity index (χ4v) is 4.09. The van der Waals surface area contributed by atoms with Crippen LogP contribution in [-0.4, -0.2) is 19.3 Å². The number of benzene rings is 1. The van der Waals surface area contributed by atoms with E-state index in [9.17, 15) is 9.59 Å². The molecule has 26 heavy (non-hydrogen) atoms. The van der Waals surface area contributed by atoms with Gasteiger partial charge in [0.05, 0.1) is 21.1 Å². The molecule has 0 amide bonds. The number of para-hydroxylation sites is 1. The Bertz CT molecular complexity index is 1200. The van der Waals surface area contributed by atoms with Gasteiger partial charge in [-0.1, -0.05) is 43.7 Å². The smallest absolute Gasteiger partial charge is 0.282 e. The van der Waals surface area contributed by atoms with Gasteiger partial charge in [0, 0.05) is 18.3 Å². The van der Waals surface area contributed by atoms with Gasteiger partial charge in [0.2, 0.25) is 5.13 Å². The molecule has 7 heteroatoms. The molecule has 6 nitrogen and oxygen atoms in total.